The van der Waals surface area contributed by atoms with Crippen molar-refractivity contribution in [2.45, 2.75) is 38.1 Å². The Hall–Kier alpha value is -2.04. The van der Waals surface area contributed by atoms with Crippen LogP contribution in [0.2, 0.25) is 0 Å². The Balaban J connectivity index is 1.71. The van der Waals surface area contributed by atoms with E-state index in [0.29, 0.717) is 19.6 Å². The molecule has 1 N–H and O–H groups in total. The molecule has 1 amide bonds. The Kier molecular flexibility index (Phi) is 3.82. The minimum Gasteiger partial charge on any atom is -0.493 e. The number of ether oxygens (including phenoxy) is 1. The minimum absolute atomic E-state index is 0.0963. The van der Waals surface area contributed by atoms with E-state index < -0.39 is 12.0 Å². The second-order valence-corrected chi connectivity index (χ2v) is 5.65. The Morgan fingerprint density at radius 1 is 1.33 bits per heavy atom. The van der Waals surface area contributed by atoms with Crippen molar-refractivity contribution < 1.29 is 19.4 Å². The number of fused-ring (bicyclic) bond motifs is 1. The van der Waals surface area contributed by atoms with Crippen LogP contribution in [0.4, 0.5) is 0 Å². The lowest BCUT2D eigenvalue weighted by molar-refractivity contribution is -0.151. The van der Waals surface area contributed by atoms with Crippen LogP contribution >= 0.6 is 0 Å². The van der Waals surface area contributed by atoms with Crippen molar-refractivity contribution >= 4 is 11.9 Å². The molecule has 0 spiro atoms. The molecule has 21 heavy (non-hydrogen) atoms. The minimum atomic E-state index is -0.898. The lowest BCUT2D eigenvalue weighted by atomic mass is 10.00. The molecule has 2 heterocycles. The van der Waals surface area contributed by atoms with Gasteiger partial charge in [-0.15, -0.1) is 0 Å². The summed E-state index contributed by atoms with van der Waals surface area (Å²) in [4.78, 5) is 25.2. The van der Waals surface area contributed by atoms with Gasteiger partial charge >= 0.3 is 5.97 Å². The largest absolute Gasteiger partial charge is 0.493 e. The van der Waals surface area contributed by atoms with Gasteiger partial charge in [0.1, 0.15) is 11.8 Å². The highest BCUT2D eigenvalue weighted by molar-refractivity contribution is 5.85. The number of hydrogen-bond acceptors (Lipinski definition) is 3. The summed E-state index contributed by atoms with van der Waals surface area (Å²) in [6.45, 7) is 1.24. The van der Waals surface area contributed by atoms with Crippen LogP contribution in [0.1, 0.15) is 30.4 Å². The second kappa shape index (κ2) is 5.76. The first kappa shape index (κ1) is 13.9. The molecule has 0 radical (unpaired) electrons. The van der Waals surface area contributed by atoms with E-state index in [9.17, 15) is 14.7 Å². The van der Waals surface area contributed by atoms with E-state index in [2.05, 4.69) is 0 Å². The summed E-state index contributed by atoms with van der Waals surface area (Å²) in [5, 5.41) is 9.24. The normalized spacial score (nSPS) is 20.8. The number of carboxylic acids is 1. The van der Waals surface area contributed by atoms with Crippen molar-refractivity contribution in [3.63, 3.8) is 0 Å². The highest BCUT2D eigenvalue weighted by Crippen LogP contribution is 2.26. The molecule has 1 fully saturated rings. The first-order valence-corrected chi connectivity index (χ1v) is 7.42. The van der Waals surface area contributed by atoms with Gasteiger partial charge in [-0.05, 0) is 36.5 Å². The van der Waals surface area contributed by atoms with E-state index in [1.165, 1.54) is 4.90 Å². The van der Waals surface area contributed by atoms with Gasteiger partial charge in [-0.25, -0.2) is 4.79 Å². The van der Waals surface area contributed by atoms with Crippen LogP contribution in [0.3, 0.4) is 0 Å². The van der Waals surface area contributed by atoms with Crippen LogP contribution in [0.25, 0.3) is 0 Å². The number of likely N-dealkylation sites (tertiary alicyclic amines) is 1. The molecule has 3 rings (SSSR count). The van der Waals surface area contributed by atoms with Crippen LogP contribution < -0.4 is 4.74 Å². The molecule has 5 heteroatoms. The van der Waals surface area contributed by atoms with Crippen LogP contribution in [0.15, 0.2) is 18.2 Å². The lowest BCUT2D eigenvalue weighted by Gasteiger charge is -2.33. The van der Waals surface area contributed by atoms with Crippen LogP contribution in [0, 0.1) is 0 Å². The maximum atomic E-state index is 12.4. The fourth-order valence-electron chi connectivity index (χ4n) is 3.11. The summed E-state index contributed by atoms with van der Waals surface area (Å²) in [6.07, 6.45) is 3.44. The molecule has 5 nitrogen and oxygen atoms in total. The topological polar surface area (TPSA) is 66.8 Å². The Morgan fingerprint density at radius 2 is 2.19 bits per heavy atom. The Labute approximate surface area is 123 Å². The summed E-state index contributed by atoms with van der Waals surface area (Å²) in [5.74, 6) is -0.0982. The SMILES string of the molecule is O=C(O)[C@H]1CCCCN1C(=O)Cc1ccc2c(c1)CCO2. The molecule has 1 aromatic carbocycles. The number of carbonyl (C=O) groups excluding carboxylic acids is 1. The van der Waals surface area contributed by atoms with Gasteiger partial charge in [0.25, 0.3) is 0 Å². The van der Waals surface area contributed by atoms with Crippen molar-refractivity contribution in [1.29, 1.82) is 0 Å². The zero-order valence-corrected chi connectivity index (χ0v) is 11.9. The van der Waals surface area contributed by atoms with Crippen LogP contribution in [-0.4, -0.2) is 41.1 Å². The zero-order valence-electron chi connectivity index (χ0n) is 11.9. The molecule has 112 valence electrons. The van der Waals surface area contributed by atoms with Crippen molar-refractivity contribution in [2.24, 2.45) is 0 Å². The summed E-state index contributed by atoms with van der Waals surface area (Å²) >= 11 is 0. The first-order valence-electron chi connectivity index (χ1n) is 7.42. The predicted molar refractivity (Wildman–Crippen MR) is 76.3 cm³/mol. The molecule has 1 aromatic rings. The van der Waals surface area contributed by atoms with E-state index in [4.69, 9.17) is 4.74 Å². The standard InChI is InChI=1S/C16H19NO4/c18-15(17-7-2-1-3-13(17)16(19)20)10-11-4-5-14-12(9-11)6-8-21-14/h4-5,9,13H,1-3,6-8,10H2,(H,19,20)/t13-/m1/s1. The Morgan fingerprint density at radius 3 is 3.00 bits per heavy atom. The molecule has 0 aromatic heterocycles. The highest BCUT2D eigenvalue weighted by Gasteiger charge is 2.31. The van der Waals surface area contributed by atoms with E-state index in [-0.39, 0.29) is 12.3 Å². The van der Waals surface area contributed by atoms with Gasteiger partial charge in [-0.3, -0.25) is 4.79 Å². The zero-order chi connectivity index (χ0) is 14.8. The van der Waals surface area contributed by atoms with Crippen molar-refractivity contribution in [3.05, 3.63) is 29.3 Å². The second-order valence-electron chi connectivity index (χ2n) is 5.65. The molecule has 1 atom stereocenters. The molecule has 0 unspecified atom stereocenters. The number of carboxylic acid groups (broad SMARTS) is 1. The maximum Gasteiger partial charge on any atom is 0.326 e. The third-order valence-electron chi connectivity index (χ3n) is 4.22. The van der Waals surface area contributed by atoms with Gasteiger partial charge in [0.05, 0.1) is 13.0 Å². The fourth-order valence-corrected chi connectivity index (χ4v) is 3.11. The number of rotatable bonds is 3. The molecular formula is C16H19NO4. The summed E-state index contributed by atoms with van der Waals surface area (Å²) < 4.78 is 5.45. The summed E-state index contributed by atoms with van der Waals surface area (Å²) in [5.41, 5.74) is 2.06. The predicted octanol–water partition coefficient (Wildman–Crippen LogP) is 1.63. The summed E-state index contributed by atoms with van der Waals surface area (Å²) in [6, 6.07) is 5.13. The van der Waals surface area contributed by atoms with Gasteiger partial charge < -0.3 is 14.7 Å². The van der Waals surface area contributed by atoms with E-state index in [1.54, 1.807) is 0 Å². The van der Waals surface area contributed by atoms with Gasteiger partial charge in [0, 0.05) is 13.0 Å². The number of aliphatic carboxylic acids is 1. The van der Waals surface area contributed by atoms with Crippen molar-refractivity contribution in [1.82, 2.24) is 4.90 Å². The van der Waals surface area contributed by atoms with Crippen LogP contribution in [0.5, 0.6) is 5.75 Å². The molecule has 2 aliphatic rings. The Bertz CT molecular complexity index is 569. The third-order valence-corrected chi connectivity index (χ3v) is 4.22. The number of nitrogens with zero attached hydrogens (tertiary/aromatic N) is 1. The third kappa shape index (κ3) is 2.86. The first-order chi connectivity index (χ1) is 10.1. The fraction of sp³-hybridized carbons (Fsp3) is 0.500. The van der Waals surface area contributed by atoms with Gasteiger partial charge in [0.2, 0.25) is 5.91 Å². The maximum absolute atomic E-state index is 12.4. The molecule has 0 aliphatic carbocycles. The monoisotopic (exact) mass is 289 g/mol. The molecule has 0 saturated carbocycles. The van der Waals surface area contributed by atoms with E-state index >= 15 is 0 Å². The number of hydrogen-bond donors (Lipinski definition) is 1. The molecule has 2 aliphatic heterocycles. The average Bonchev–Trinajstić information content (AvgIpc) is 2.94. The number of amides is 1. The molecular weight excluding hydrogens is 270 g/mol. The molecule has 0 bridgehead atoms. The van der Waals surface area contributed by atoms with Crippen LogP contribution in [-0.2, 0) is 22.4 Å². The lowest BCUT2D eigenvalue weighted by Crippen LogP contribution is -2.48. The van der Waals surface area contributed by atoms with E-state index in [1.807, 2.05) is 18.2 Å². The highest BCUT2D eigenvalue weighted by atomic mass is 16.5. The van der Waals surface area contributed by atoms with Crippen molar-refractivity contribution in [3.8, 4) is 5.75 Å². The summed E-state index contributed by atoms with van der Waals surface area (Å²) in [7, 11) is 0. The van der Waals surface area contributed by atoms with E-state index in [0.717, 1.165) is 36.1 Å². The average molecular weight is 289 g/mol. The quantitative estimate of drug-likeness (QED) is 0.918. The number of carbonyl (C=O) groups is 2. The van der Waals surface area contributed by atoms with Gasteiger partial charge in [-0.2, -0.15) is 0 Å². The number of benzene rings is 1. The van der Waals surface area contributed by atoms with Crippen molar-refractivity contribution in [2.75, 3.05) is 13.2 Å². The molecule has 1 saturated heterocycles. The van der Waals surface area contributed by atoms with Gasteiger partial charge in [-0.1, -0.05) is 12.1 Å². The number of piperidine rings is 1. The smallest absolute Gasteiger partial charge is 0.326 e. The van der Waals surface area contributed by atoms with Gasteiger partial charge in [0.15, 0.2) is 0 Å².